The van der Waals surface area contributed by atoms with Gasteiger partial charge < -0.3 is 5.32 Å². The van der Waals surface area contributed by atoms with Crippen LogP contribution in [0.25, 0.3) is 6.08 Å². The van der Waals surface area contributed by atoms with E-state index in [0.717, 1.165) is 28.8 Å². The van der Waals surface area contributed by atoms with Gasteiger partial charge in [-0.1, -0.05) is 23.7 Å². The van der Waals surface area contributed by atoms with Gasteiger partial charge in [0.1, 0.15) is 6.54 Å². The van der Waals surface area contributed by atoms with Gasteiger partial charge in [-0.05, 0) is 41.6 Å². The van der Waals surface area contributed by atoms with Crippen LogP contribution >= 0.6 is 23.4 Å². The fourth-order valence-electron chi connectivity index (χ4n) is 3.45. The van der Waals surface area contributed by atoms with E-state index >= 15 is 0 Å². The Labute approximate surface area is 206 Å². The number of nitrogens with zero attached hydrogens (tertiary/aromatic N) is 3. The highest BCUT2D eigenvalue weighted by atomic mass is 35.5. The molecule has 1 N–H and O–H groups in total. The quantitative estimate of drug-likeness (QED) is 0.257. The summed E-state index contributed by atoms with van der Waals surface area (Å²) in [7, 11) is 0. The van der Waals surface area contributed by atoms with Gasteiger partial charge in [0.05, 0.1) is 21.0 Å². The number of fused-ring (bicyclic) bond motifs is 1. The van der Waals surface area contributed by atoms with Crippen LogP contribution in [0.4, 0.5) is 10.5 Å². The summed E-state index contributed by atoms with van der Waals surface area (Å²) in [6.45, 7) is -0.819. The molecule has 2 aromatic carbocycles. The minimum absolute atomic E-state index is 0.0290. The molecule has 2 heterocycles. The largest absolute Gasteiger partial charge is 0.353 e. The average Bonchev–Trinajstić information content (AvgIpc) is 3.22. The number of nitro benzene ring substituents is 1. The van der Waals surface area contributed by atoms with Crippen molar-refractivity contribution in [2.24, 2.45) is 0 Å². The number of hydrogen-bond donors (Lipinski definition) is 1. The van der Waals surface area contributed by atoms with Gasteiger partial charge in [-0.3, -0.25) is 43.9 Å². The van der Waals surface area contributed by atoms with E-state index in [1.807, 2.05) is 0 Å². The maximum Gasteiger partial charge on any atom is 0.293 e. The zero-order chi connectivity index (χ0) is 25.3. The van der Waals surface area contributed by atoms with Crippen LogP contribution in [-0.4, -0.2) is 63.2 Å². The Kier molecular flexibility index (Phi) is 6.67. The van der Waals surface area contributed by atoms with Crippen molar-refractivity contribution in [2.45, 2.75) is 0 Å². The van der Waals surface area contributed by atoms with Gasteiger partial charge in [-0.15, -0.1) is 0 Å². The number of imide groups is 2. The van der Waals surface area contributed by atoms with Crippen LogP contribution in [0.15, 0.2) is 47.4 Å². The molecule has 2 aliphatic rings. The standard InChI is InChI=1S/C22H15ClN4O7S/c23-13-3-1-12(2-4-13)9-17-21(31)25(22(32)35-17)8-7-24-18(28)11-26-19(29)15-6-5-14(27(33)34)10-16(15)20(26)30/h1-6,9-10H,7-8,11H2,(H,24,28)/b17-9+. The number of carbonyl (C=O) groups excluding carboxylic acids is 5. The molecule has 35 heavy (non-hydrogen) atoms. The highest BCUT2D eigenvalue weighted by Crippen LogP contribution is 2.32. The zero-order valence-corrected chi connectivity index (χ0v) is 19.3. The number of hydrogen-bond acceptors (Lipinski definition) is 8. The molecule has 4 rings (SSSR count). The number of halogens is 1. The van der Waals surface area contributed by atoms with E-state index in [9.17, 15) is 34.1 Å². The molecule has 11 nitrogen and oxygen atoms in total. The first kappa shape index (κ1) is 24.1. The number of non-ortho nitro benzene ring substituents is 1. The molecular weight excluding hydrogens is 500 g/mol. The Morgan fingerprint density at radius 2 is 1.69 bits per heavy atom. The fraction of sp³-hybridized carbons (Fsp3) is 0.136. The fourth-order valence-corrected chi connectivity index (χ4v) is 4.44. The Morgan fingerprint density at radius 1 is 1.00 bits per heavy atom. The Morgan fingerprint density at radius 3 is 2.37 bits per heavy atom. The molecule has 2 aliphatic heterocycles. The van der Waals surface area contributed by atoms with Crippen LogP contribution in [0.2, 0.25) is 5.02 Å². The Hall–Kier alpha value is -4.03. The third kappa shape index (κ3) is 4.93. The number of amides is 5. The van der Waals surface area contributed by atoms with Crippen LogP contribution in [0.1, 0.15) is 26.3 Å². The molecule has 0 atom stereocenters. The van der Waals surface area contributed by atoms with Crippen LogP contribution in [0, 0.1) is 10.1 Å². The highest BCUT2D eigenvalue weighted by molar-refractivity contribution is 8.18. The lowest BCUT2D eigenvalue weighted by atomic mass is 10.1. The van der Waals surface area contributed by atoms with Gasteiger partial charge >= 0.3 is 0 Å². The van der Waals surface area contributed by atoms with Gasteiger partial charge in [0.25, 0.3) is 28.6 Å². The SMILES string of the molecule is O=C(CN1C(=O)c2ccc([N+](=O)[O-])cc2C1=O)NCCN1C(=O)S/C(=C/c2ccc(Cl)cc2)C1=O. The molecule has 0 bridgehead atoms. The summed E-state index contributed by atoms with van der Waals surface area (Å²) in [5.41, 5.74) is 0.166. The second kappa shape index (κ2) is 9.68. The van der Waals surface area contributed by atoms with E-state index in [0.29, 0.717) is 15.5 Å². The number of rotatable bonds is 7. The summed E-state index contributed by atoms with van der Waals surface area (Å²) in [5.74, 6) is -2.76. The van der Waals surface area contributed by atoms with E-state index in [1.54, 1.807) is 30.3 Å². The maximum absolute atomic E-state index is 12.6. The van der Waals surface area contributed by atoms with Gasteiger partial charge in [0.2, 0.25) is 5.91 Å². The van der Waals surface area contributed by atoms with Gasteiger partial charge in [0, 0.05) is 30.2 Å². The lowest BCUT2D eigenvalue weighted by Gasteiger charge is -2.15. The molecule has 0 aromatic heterocycles. The van der Waals surface area contributed by atoms with Crippen LogP contribution < -0.4 is 5.32 Å². The zero-order valence-electron chi connectivity index (χ0n) is 17.7. The molecule has 0 saturated carbocycles. The first-order valence-corrected chi connectivity index (χ1v) is 11.3. The van der Waals surface area contributed by atoms with Gasteiger partial charge in [-0.2, -0.15) is 0 Å². The molecular formula is C22H15ClN4O7S. The molecule has 5 amide bonds. The minimum Gasteiger partial charge on any atom is -0.353 e. The van der Waals surface area contributed by atoms with Crippen molar-refractivity contribution in [2.75, 3.05) is 19.6 Å². The monoisotopic (exact) mass is 514 g/mol. The lowest BCUT2D eigenvalue weighted by molar-refractivity contribution is -0.384. The number of nitro groups is 1. The number of thioether (sulfide) groups is 1. The number of nitrogens with one attached hydrogen (secondary N) is 1. The highest BCUT2D eigenvalue weighted by Gasteiger charge is 2.38. The molecule has 1 fully saturated rings. The van der Waals surface area contributed by atoms with E-state index < -0.39 is 40.3 Å². The molecule has 0 radical (unpaired) electrons. The van der Waals surface area contributed by atoms with Crippen molar-refractivity contribution >= 4 is 64.0 Å². The first-order chi connectivity index (χ1) is 16.7. The van der Waals surface area contributed by atoms with Crippen molar-refractivity contribution in [3.05, 3.63) is 79.2 Å². The predicted molar refractivity (Wildman–Crippen MR) is 126 cm³/mol. The van der Waals surface area contributed by atoms with Crippen LogP contribution in [0.3, 0.4) is 0 Å². The molecule has 0 spiro atoms. The second-order valence-electron chi connectivity index (χ2n) is 7.42. The van der Waals surface area contributed by atoms with E-state index in [1.165, 1.54) is 6.07 Å². The van der Waals surface area contributed by atoms with Crippen LogP contribution in [-0.2, 0) is 9.59 Å². The lowest BCUT2D eigenvalue weighted by Crippen LogP contribution is -2.43. The second-order valence-corrected chi connectivity index (χ2v) is 8.85. The minimum atomic E-state index is -0.817. The summed E-state index contributed by atoms with van der Waals surface area (Å²) in [6.07, 6.45) is 1.56. The Bertz CT molecular complexity index is 1330. The van der Waals surface area contributed by atoms with Crippen LogP contribution in [0.5, 0.6) is 0 Å². The first-order valence-electron chi connectivity index (χ1n) is 10.1. The van der Waals surface area contributed by atoms with Crippen molar-refractivity contribution < 1.29 is 28.9 Å². The van der Waals surface area contributed by atoms with Crippen molar-refractivity contribution in [1.29, 1.82) is 0 Å². The number of benzene rings is 2. The van der Waals surface area contributed by atoms with E-state index in [-0.39, 0.29) is 34.8 Å². The van der Waals surface area contributed by atoms with Crippen molar-refractivity contribution in [3.63, 3.8) is 0 Å². The normalized spacial score (nSPS) is 16.3. The third-order valence-electron chi connectivity index (χ3n) is 5.17. The smallest absolute Gasteiger partial charge is 0.293 e. The third-order valence-corrected chi connectivity index (χ3v) is 6.33. The van der Waals surface area contributed by atoms with Crippen molar-refractivity contribution in [1.82, 2.24) is 15.1 Å². The van der Waals surface area contributed by atoms with Gasteiger partial charge in [0.15, 0.2) is 0 Å². The van der Waals surface area contributed by atoms with Crippen molar-refractivity contribution in [3.8, 4) is 0 Å². The summed E-state index contributed by atoms with van der Waals surface area (Å²) in [5, 5.41) is 13.4. The van der Waals surface area contributed by atoms with Gasteiger partial charge in [-0.25, -0.2) is 0 Å². The predicted octanol–water partition coefficient (Wildman–Crippen LogP) is 2.70. The topological polar surface area (TPSA) is 147 Å². The summed E-state index contributed by atoms with van der Waals surface area (Å²) in [4.78, 5) is 74.1. The number of carbonyl (C=O) groups is 5. The van der Waals surface area contributed by atoms with E-state index in [2.05, 4.69) is 5.32 Å². The maximum atomic E-state index is 12.6. The average molecular weight is 515 g/mol. The molecule has 1 saturated heterocycles. The van der Waals surface area contributed by atoms with E-state index in [4.69, 9.17) is 11.6 Å². The summed E-state index contributed by atoms with van der Waals surface area (Å²) in [6, 6.07) is 9.98. The molecule has 2 aromatic rings. The molecule has 178 valence electrons. The molecule has 13 heteroatoms. The molecule has 0 unspecified atom stereocenters. The Balaban J connectivity index is 1.32. The molecule has 0 aliphatic carbocycles. The summed E-state index contributed by atoms with van der Waals surface area (Å²) < 4.78 is 0. The summed E-state index contributed by atoms with van der Waals surface area (Å²) >= 11 is 6.61.